The van der Waals surface area contributed by atoms with Crippen LogP contribution in [0.1, 0.15) is 22.8 Å². The Hall–Kier alpha value is -3.98. The fourth-order valence-electron chi connectivity index (χ4n) is 4.84. The molecule has 0 aromatic heterocycles. The van der Waals surface area contributed by atoms with Crippen LogP contribution in [0.3, 0.4) is 0 Å². The second-order valence-corrected chi connectivity index (χ2v) is 12.8. The molecule has 0 aliphatic rings. The van der Waals surface area contributed by atoms with Crippen LogP contribution in [0.5, 0.6) is 0 Å². The molecule has 5 aromatic rings. The first-order valence-electron chi connectivity index (χ1n) is 13.0. The summed E-state index contributed by atoms with van der Waals surface area (Å²) in [4.78, 5) is 13.5. The van der Waals surface area contributed by atoms with Crippen molar-refractivity contribution < 1.29 is 21.8 Å². The summed E-state index contributed by atoms with van der Waals surface area (Å²) < 4.78 is 0. The number of hydrogen-bond acceptors (Lipinski definition) is 3. The molecule has 0 heterocycles. The maximum atomic E-state index is 13.5. The number of hydrogen-bond donors (Lipinski definition) is 0. The highest BCUT2D eigenvalue weighted by Gasteiger charge is 2.45. The van der Waals surface area contributed by atoms with Crippen LogP contribution in [0.4, 0.5) is 0 Å². The minimum absolute atomic E-state index is 0. The van der Waals surface area contributed by atoms with E-state index in [-0.39, 0.29) is 22.8 Å². The predicted molar refractivity (Wildman–Crippen MR) is 167 cm³/mol. The third-order valence-corrected chi connectivity index (χ3v) is 11.1. The Balaban J connectivity index is 0.00000370. The maximum Gasteiger partial charge on any atom is 0.213 e. The topological polar surface area (TPSA) is 41.8 Å². The van der Waals surface area contributed by atoms with Crippen LogP contribution in [0.25, 0.3) is 0 Å². The minimum atomic E-state index is -2.11. The Bertz CT molecular complexity index is 1480. The monoisotopic (exact) mass is 604 g/mol. The third kappa shape index (κ3) is 6.42. The van der Waals surface area contributed by atoms with Gasteiger partial charge in [0.25, 0.3) is 0 Å². The summed E-state index contributed by atoms with van der Waals surface area (Å²) in [6.07, 6.45) is 0.705. The van der Waals surface area contributed by atoms with Crippen molar-refractivity contribution in [2.75, 3.05) is 6.16 Å². The molecule has 0 atom stereocenters. The van der Waals surface area contributed by atoms with Crippen molar-refractivity contribution in [3.05, 3.63) is 163 Å². The van der Waals surface area contributed by atoms with Crippen LogP contribution in [0.2, 0.25) is 0 Å². The van der Waals surface area contributed by atoms with Crippen LogP contribution in [0, 0.1) is 0 Å². The molecule has 5 heteroatoms. The van der Waals surface area contributed by atoms with Gasteiger partial charge < -0.3 is 17.0 Å². The van der Waals surface area contributed by atoms with E-state index in [2.05, 4.69) is 96.1 Å². The van der Waals surface area contributed by atoms with E-state index in [1.165, 1.54) is 15.9 Å². The van der Waals surface area contributed by atoms with E-state index in [0.717, 1.165) is 11.3 Å². The smallest absolute Gasteiger partial charge is 0.213 e. The van der Waals surface area contributed by atoms with Crippen LogP contribution >= 0.6 is 7.26 Å². The van der Waals surface area contributed by atoms with Gasteiger partial charge in [-0.1, -0.05) is 115 Å². The highest BCUT2D eigenvalue weighted by Crippen LogP contribution is 2.55. The second-order valence-electron chi connectivity index (χ2n) is 9.32. The zero-order valence-electron chi connectivity index (χ0n) is 22.3. The predicted octanol–water partition coefficient (Wildman–Crippen LogP) is 3.73. The van der Waals surface area contributed by atoms with E-state index >= 15 is 0 Å². The summed E-state index contributed by atoms with van der Waals surface area (Å²) in [5.41, 5.74) is 2.55. The number of halogens is 1. The molecular weight excluding hydrogens is 575 g/mol. The average Bonchev–Trinajstić information content (AvgIpc) is 3.02. The Labute approximate surface area is 247 Å². The van der Waals surface area contributed by atoms with Gasteiger partial charge in [0, 0.05) is 11.1 Å². The average molecular weight is 606 g/mol. The molecule has 5 aromatic carbocycles. The summed E-state index contributed by atoms with van der Waals surface area (Å²) >= 11 is 0. The summed E-state index contributed by atoms with van der Waals surface area (Å²) in [5.74, 6) is -0.145. The van der Waals surface area contributed by atoms with Crippen molar-refractivity contribution in [2.45, 2.75) is 6.92 Å². The van der Waals surface area contributed by atoms with Gasteiger partial charge in [0.2, 0.25) is 5.78 Å². The fraction of sp³-hybridized carbons (Fsp3) is 0.0571. The first kappa shape index (κ1) is 29.0. The summed E-state index contributed by atoms with van der Waals surface area (Å²) in [5, 5.41) is 13.2. The Morgan fingerprint density at radius 3 is 1.27 bits per heavy atom. The molecular formula is C35H30BrN2OP. The number of ketones is 1. The first-order valence-corrected chi connectivity index (χ1v) is 15.0. The Morgan fingerprint density at radius 1 is 0.525 bits per heavy atom. The molecule has 0 bridgehead atoms. The lowest BCUT2D eigenvalue weighted by Gasteiger charge is -2.27. The largest absolute Gasteiger partial charge is 1.00 e. The number of carbonyl (C=O) groups is 1. The summed E-state index contributed by atoms with van der Waals surface area (Å²) in [6.45, 7) is 2.02. The number of carbonyl (C=O) groups excluding carboxylic acids is 1. The van der Waals surface area contributed by atoms with Gasteiger partial charge in [-0.2, -0.15) is 5.10 Å². The molecule has 40 heavy (non-hydrogen) atoms. The fourth-order valence-corrected chi connectivity index (χ4v) is 9.07. The summed E-state index contributed by atoms with van der Waals surface area (Å²) in [6, 6.07) is 50.9. The standard InChI is InChI=1S/C35H30N2OP.BrH/c1-28(36-37-34(29-17-7-2-8-18-29)35(38)30-19-9-3-10-20-30)27-39(31-21-11-4-12-22-31,32-23-13-5-14-24-32)33-25-15-6-16-26-33;/h2-26H,27H2,1H3;1H/q+1;/p-1. The first-order chi connectivity index (χ1) is 19.2. The molecule has 3 nitrogen and oxygen atoms in total. The normalized spacial score (nSPS) is 11.9. The van der Waals surface area contributed by atoms with Crippen molar-refractivity contribution >= 4 is 40.4 Å². The number of benzene rings is 5. The van der Waals surface area contributed by atoms with Crippen molar-refractivity contribution in [2.24, 2.45) is 10.2 Å². The van der Waals surface area contributed by atoms with Crippen molar-refractivity contribution in [3.63, 3.8) is 0 Å². The highest BCUT2D eigenvalue weighted by molar-refractivity contribution is 7.96. The van der Waals surface area contributed by atoms with Gasteiger partial charge in [-0.3, -0.25) is 4.79 Å². The minimum Gasteiger partial charge on any atom is -1.00 e. The summed E-state index contributed by atoms with van der Waals surface area (Å²) in [7, 11) is -2.11. The van der Waals surface area contributed by atoms with E-state index in [1.54, 1.807) is 0 Å². The quantitative estimate of drug-likeness (QED) is 0.109. The molecule has 0 aliphatic carbocycles. The molecule has 0 amide bonds. The van der Waals surface area contributed by atoms with Crippen LogP contribution in [0.15, 0.2) is 162 Å². The molecule has 5 rings (SSSR count). The van der Waals surface area contributed by atoms with Crippen LogP contribution < -0.4 is 32.9 Å². The van der Waals surface area contributed by atoms with Gasteiger partial charge in [-0.25, -0.2) is 0 Å². The molecule has 0 saturated carbocycles. The van der Waals surface area contributed by atoms with E-state index in [0.29, 0.717) is 17.4 Å². The van der Waals surface area contributed by atoms with E-state index in [9.17, 15) is 4.79 Å². The lowest BCUT2D eigenvalue weighted by molar-refractivity contribution is -0.0000146. The van der Waals surface area contributed by atoms with E-state index in [1.807, 2.05) is 67.6 Å². The lowest BCUT2D eigenvalue weighted by Crippen LogP contribution is -3.00. The molecule has 0 fully saturated rings. The number of rotatable bonds is 9. The van der Waals surface area contributed by atoms with Gasteiger partial charge in [-0.15, -0.1) is 5.10 Å². The van der Waals surface area contributed by atoms with Gasteiger partial charge in [0.1, 0.15) is 35.0 Å². The zero-order chi connectivity index (χ0) is 26.9. The number of nitrogens with zero attached hydrogens (tertiary/aromatic N) is 2. The van der Waals surface area contributed by atoms with E-state index < -0.39 is 7.26 Å². The van der Waals surface area contributed by atoms with Gasteiger partial charge in [-0.05, 0) is 43.3 Å². The van der Waals surface area contributed by atoms with Crippen molar-refractivity contribution in [3.8, 4) is 0 Å². The molecule has 0 unspecified atom stereocenters. The molecule has 0 spiro atoms. The van der Waals surface area contributed by atoms with Crippen LogP contribution in [-0.4, -0.2) is 23.4 Å². The lowest BCUT2D eigenvalue weighted by atomic mass is 10.0. The third-order valence-electron chi connectivity index (χ3n) is 6.68. The Morgan fingerprint density at radius 2 is 0.875 bits per heavy atom. The van der Waals surface area contributed by atoms with Gasteiger partial charge in [0.05, 0.1) is 5.71 Å². The molecule has 198 valence electrons. The highest BCUT2D eigenvalue weighted by atomic mass is 79.9. The Kier molecular flexibility index (Phi) is 10.1. The van der Waals surface area contributed by atoms with Crippen LogP contribution in [-0.2, 0) is 0 Å². The zero-order valence-corrected chi connectivity index (χ0v) is 24.7. The van der Waals surface area contributed by atoms with Gasteiger partial charge in [0.15, 0.2) is 0 Å². The van der Waals surface area contributed by atoms with Crippen molar-refractivity contribution in [1.82, 2.24) is 0 Å². The van der Waals surface area contributed by atoms with E-state index in [4.69, 9.17) is 5.10 Å². The molecule has 0 radical (unpaired) electrons. The maximum absolute atomic E-state index is 13.5. The molecule has 0 aliphatic heterocycles. The van der Waals surface area contributed by atoms with Crippen molar-refractivity contribution in [1.29, 1.82) is 0 Å². The SMILES string of the molecule is CC(C[P+](c1ccccc1)(c1ccccc1)c1ccccc1)=NN=C(C(=O)c1ccccc1)c1ccccc1.[Br-]. The number of Topliss-reactive ketones (excluding diaryl/α,β-unsaturated/α-hetero) is 1. The van der Waals surface area contributed by atoms with Gasteiger partial charge >= 0.3 is 0 Å². The second kappa shape index (κ2) is 13.9. The molecule has 0 N–H and O–H groups in total. The molecule has 0 saturated heterocycles.